The van der Waals surface area contributed by atoms with Gasteiger partial charge in [-0.1, -0.05) is 18.5 Å². The Labute approximate surface area is 125 Å². The Morgan fingerprint density at radius 1 is 1.45 bits per heavy atom. The molecule has 0 bridgehead atoms. The number of hydrogen-bond acceptors (Lipinski definition) is 3. The van der Waals surface area contributed by atoms with Gasteiger partial charge in [-0.15, -0.1) is 0 Å². The molecule has 0 aromatic heterocycles. The normalized spacial score (nSPS) is 20.6. The van der Waals surface area contributed by atoms with E-state index >= 15 is 0 Å². The molecule has 1 aromatic carbocycles. The number of piperidine rings is 1. The zero-order valence-electron chi connectivity index (χ0n) is 11.6. The lowest BCUT2D eigenvalue weighted by Gasteiger charge is -2.30. The molecule has 1 N–H and O–H groups in total. The molecule has 0 radical (unpaired) electrons. The Kier molecular flexibility index (Phi) is 4.78. The van der Waals surface area contributed by atoms with Gasteiger partial charge in [0.15, 0.2) is 0 Å². The fourth-order valence-corrected chi connectivity index (χ4v) is 3.89. The summed E-state index contributed by atoms with van der Waals surface area (Å²) in [6.07, 6.45) is 1.94. The first-order chi connectivity index (χ1) is 9.42. The fraction of sp³-hybridized carbons (Fsp3) is 0.538. The first-order valence-corrected chi connectivity index (χ1v) is 8.35. The van der Waals surface area contributed by atoms with Crippen molar-refractivity contribution in [2.45, 2.75) is 19.8 Å². The van der Waals surface area contributed by atoms with E-state index in [1.165, 1.54) is 11.4 Å². The second kappa shape index (κ2) is 6.20. The molecule has 7 heteroatoms. The van der Waals surface area contributed by atoms with Gasteiger partial charge in [-0.3, -0.25) is 4.72 Å². The van der Waals surface area contributed by atoms with Crippen LogP contribution in [0.2, 0.25) is 5.02 Å². The number of anilines is 1. The van der Waals surface area contributed by atoms with Crippen molar-refractivity contribution in [2.75, 3.05) is 24.9 Å². The number of hydrogen-bond donors (Lipinski definition) is 1. The number of nitrogens with zero attached hydrogens (tertiary/aromatic N) is 1. The summed E-state index contributed by atoms with van der Waals surface area (Å²) < 4.78 is 33.8. The highest BCUT2D eigenvalue weighted by Crippen LogP contribution is 2.29. The molecule has 1 aromatic rings. The quantitative estimate of drug-likeness (QED) is 0.928. The second-order valence-corrected chi connectivity index (χ2v) is 7.14. The summed E-state index contributed by atoms with van der Waals surface area (Å²) in [5, 5.41) is 0.347. The SMILES string of the molecule is COc1ccc(Cl)c(NS(=O)(=O)N2CCC[C@@H](C)C2)c1. The molecule has 5 nitrogen and oxygen atoms in total. The summed E-state index contributed by atoms with van der Waals surface area (Å²) >= 11 is 6.03. The third-order valence-corrected chi connectivity index (χ3v) is 5.19. The zero-order chi connectivity index (χ0) is 14.8. The van der Waals surface area contributed by atoms with E-state index in [4.69, 9.17) is 16.3 Å². The van der Waals surface area contributed by atoms with Crippen LogP contribution in [0.1, 0.15) is 19.8 Å². The van der Waals surface area contributed by atoms with Gasteiger partial charge in [0, 0.05) is 19.2 Å². The van der Waals surface area contributed by atoms with Crippen LogP contribution < -0.4 is 9.46 Å². The summed E-state index contributed by atoms with van der Waals surface area (Å²) in [6, 6.07) is 4.87. The molecule has 112 valence electrons. The summed E-state index contributed by atoms with van der Waals surface area (Å²) in [4.78, 5) is 0. The van der Waals surface area contributed by atoms with E-state index in [0.717, 1.165) is 12.8 Å². The van der Waals surface area contributed by atoms with E-state index in [0.29, 0.717) is 35.5 Å². The predicted molar refractivity (Wildman–Crippen MR) is 80.5 cm³/mol. The van der Waals surface area contributed by atoms with E-state index in [-0.39, 0.29) is 0 Å². The van der Waals surface area contributed by atoms with Crippen molar-refractivity contribution < 1.29 is 13.2 Å². The Hall–Kier alpha value is -0.980. The van der Waals surface area contributed by atoms with Gasteiger partial charge >= 0.3 is 10.2 Å². The van der Waals surface area contributed by atoms with Crippen LogP contribution in [0, 0.1) is 5.92 Å². The van der Waals surface area contributed by atoms with Crippen molar-refractivity contribution in [3.63, 3.8) is 0 Å². The van der Waals surface area contributed by atoms with Gasteiger partial charge in [-0.05, 0) is 30.9 Å². The number of ether oxygens (including phenoxy) is 1. The van der Waals surface area contributed by atoms with E-state index in [1.807, 2.05) is 0 Å². The maximum absolute atomic E-state index is 12.4. The van der Waals surface area contributed by atoms with Crippen molar-refractivity contribution in [1.29, 1.82) is 0 Å². The Balaban J connectivity index is 2.19. The predicted octanol–water partition coefficient (Wildman–Crippen LogP) is 2.74. The molecule has 0 spiro atoms. The molecular weight excluding hydrogens is 300 g/mol. The number of benzene rings is 1. The van der Waals surface area contributed by atoms with Gasteiger partial charge < -0.3 is 4.74 Å². The lowest BCUT2D eigenvalue weighted by Crippen LogP contribution is -2.42. The van der Waals surface area contributed by atoms with Crippen LogP contribution in [0.15, 0.2) is 18.2 Å². The molecule has 0 unspecified atom stereocenters. The van der Waals surface area contributed by atoms with Crippen LogP contribution >= 0.6 is 11.6 Å². The molecule has 1 aliphatic heterocycles. The maximum atomic E-state index is 12.4. The molecule has 1 atom stereocenters. The topological polar surface area (TPSA) is 58.6 Å². The second-order valence-electron chi connectivity index (χ2n) is 5.06. The minimum absolute atomic E-state index is 0.337. The van der Waals surface area contributed by atoms with Crippen LogP contribution in [-0.2, 0) is 10.2 Å². The molecule has 1 aliphatic rings. The molecular formula is C13H19ClN2O3S. The molecule has 1 fully saturated rings. The van der Waals surface area contributed by atoms with Gasteiger partial charge in [-0.2, -0.15) is 12.7 Å². The van der Waals surface area contributed by atoms with Crippen molar-refractivity contribution in [1.82, 2.24) is 4.31 Å². The number of halogens is 1. The lowest BCUT2D eigenvalue weighted by atomic mass is 10.0. The van der Waals surface area contributed by atoms with Gasteiger partial charge in [0.05, 0.1) is 17.8 Å². The monoisotopic (exact) mass is 318 g/mol. The van der Waals surface area contributed by atoms with Crippen molar-refractivity contribution >= 4 is 27.5 Å². The Morgan fingerprint density at radius 3 is 2.85 bits per heavy atom. The number of rotatable bonds is 4. The third kappa shape index (κ3) is 3.56. The summed E-state index contributed by atoms with van der Waals surface area (Å²) in [5.41, 5.74) is 0.337. The highest BCUT2D eigenvalue weighted by molar-refractivity contribution is 7.90. The van der Waals surface area contributed by atoms with Crippen molar-refractivity contribution in [2.24, 2.45) is 5.92 Å². The summed E-state index contributed by atoms with van der Waals surface area (Å²) in [6.45, 7) is 3.14. The van der Waals surface area contributed by atoms with Crippen LogP contribution in [0.5, 0.6) is 5.75 Å². The van der Waals surface area contributed by atoms with E-state index < -0.39 is 10.2 Å². The summed E-state index contributed by atoms with van der Waals surface area (Å²) in [7, 11) is -2.05. The number of methoxy groups -OCH3 is 1. The van der Waals surface area contributed by atoms with Gasteiger partial charge in [0.1, 0.15) is 5.75 Å². The minimum atomic E-state index is -3.57. The molecule has 0 saturated carbocycles. The zero-order valence-corrected chi connectivity index (χ0v) is 13.2. The van der Waals surface area contributed by atoms with Crippen molar-refractivity contribution in [3.05, 3.63) is 23.2 Å². The van der Waals surface area contributed by atoms with Crippen LogP contribution in [0.25, 0.3) is 0 Å². The minimum Gasteiger partial charge on any atom is -0.497 e. The third-order valence-electron chi connectivity index (χ3n) is 3.37. The van der Waals surface area contributed by atoms with E-state index in [1.54, 1.807) is 18.2 Å². The largest absolute Gasteiger partial charge is 0.497 e. The van der Waals surface area contributed by atoms with Gasteiger partial charge in [0.25, 0.3) is 0 Å². The Bertz CT molecular complexity index is 577. The molecule has 1 saturated heterocycles. The first kappa shape index (κ1) is 15.4. The van der Waals surface area contributed by atoms with E-state index in [2.05, 4.69) is 11.6 Å². The maximum Gasteiger partial charge on any atom is 0.301 e. The van der Waals surface area contributed by atoms with E-state index in [9.17, 15) is 8.42 Å². The van der Waals surface area contributed by atoms with Crippen LogP contribution in [-0.4, -0.2) is 32.9 Å². The smallest absolute Gasteiger partial charge is 0.301 e. The van der Waals surface area contributed by atoms with Crippen molar-refractivity contribution in [3.8, 4) is 5.75 Å². The summed E-state index contributed by atoms with van der Waals surface area (Å²) in [5.74, 6) is 0.931. The van der Waals surface area contributed by atoms with Gasteiger partial charge in [-0.25, -0.2) is 0 Å². The molecule has 0 amide bonds. The fourth-order valence-electron chi connectivity index (χ4n) is 2.28. The van der Waals surface area contributed by atoms with Crippen LogP contribution in [0.3, 0.4) is 0 Å². The average molecular weight is 319 g/mol. The first-order valence-electron chi connectivity index (χ1n) is 6.54. The highest BCUT2D eigenvalue weighted by atomic mass is 35.5. The lowest BCUT2D eigenvalue weighted by molar-refractivity contribution is 0.282. The highest BCUT2D eigenvalue weighted by Gasteiger charge is 2.27. The molecule has 0 aliphatic carbocycles. The Morgan fingerprint density at radius 2 is 2.20 bits per heavy atom. The molecule has 2 rings (SSSR count). The van der Waals surface area contributed by atoms with Gasteiger partial charge in [0.2, 0.25) is 0 Å². The average Bonchev–Trinajstić information content (AvgIpc) is 2.41. The molecule has 20 heavy (non-hydrogen) atoms. The van der Waals surface area contributed by atoms with Crippen LogP contribution in [0.4, 0.5) is 5.69 Å². The molecule has 1 heterocycles. The standard InChI is InChI=1S/C13H19ClN2O3S/c1-10-4-3-7-16(9-10)20(17,18)15-13-8-11(19-2)5-6-12(13)14/h5-6,8,10,15H,3-4,7,9H2,1-2H3/t10-/m1/s1. The number of nitrogens with one attached hydrogen (secondary N) is 1.